The van der Waals surface area contributed by atoms with Gasteiger partial charge >= 0.3 is 0 Å². The van der Waals surface area contributed by atoms with Gasteiger partial charge in [-0.05, 0) is 32.4 Å². The predicted molar refractivity (Wildman–Crippen MR) is 101 cm³/mol. The second kappa shape index (κ2) is 6.65. The van der Waals surface area contributed by atoms with Crippen molar-refractivity contribution in [3.63, 3.8) is 0 Å². The van der Waals surface area contributed by atoms with Gasteiger partial charge in [0, 0.05) is 18.0 Å². The second-order valence-corrected chi connectivity index (χ2v) is 7.96. The van der Waals surface area contributed by atoms with Gasteiger partial charge in [-0.2, -0.15) is 0 Å². The third-order valence-electron chi connectivity index (χ3n) is 3.71. The Labute approximate surface area is 157 Å². The first kappa shape index (κ1) is 16.9. The summed E-state index contributed by atoms with van der Waals surface area (Å²) >= 11 is 2.88. The monoisotopic (exact) mass is 385 g/mol. The highest BCUT2D eigenvalue weighted by atomic mass is 32.2. The number of aromatic nitrogens is 5. The first-order valence-electron chi connectivity index (χ1n) is 7.89. The van der Waals surface area contributed by atoms with Crippen LogP contribution < -0.4 is 5.56 Å². The number of nitrogens with zero attached hydrogens (tertiary/aromatic N) is 5. The van der Waals surface area contributed by atoms with Crippen LogP contribution in [0.5, 0.6) is 0 Å². The zero-order valence-corrected chi connectivity index (χ0v) is 16.0. The number of thiazole rings is 1. The van der Waals surface area contributed by atoms with Gasteiger partial charge in [0.05, 0.1) is 16.4 Å². The highest BCUT2D eigenvalue weighted by molar-refractivity contribution is 7.98. The fourth-order valence-corrected chi connectivity index (χ4v) is 4.05. The van der Waals surface area contributed by atoms with Crippen molar-refractivity contribution in [2.75, 3.05) is 0 Å². The van der Waals surface area contributed by atoms with Gasteiger partial charge in [-0.15, -0.1) is 21.5 Å². The van der Waals surface area contributed by atoms with Crippen molar-refractivity contribution in [3.8, 4) is 10.8 Å². The Kier molecular flexibility index (Phi) is 4.33. The number of aryl methyl sites for hydroxylation is 3. The molecule has 0 saturated carbocycles. The molecule has 7 nitrogen and oxygen atoms in total. The van der Waals surface area contributed by atoms with Crippen molar-refractivity contribution >= 4 is 28.7 Å². The predicted octanol–water partition coefficient (Wildman–Crippen LogP) is 3.42. The molecule has 0 radical (unpaired) electrons. The van der Waals surface area contributed by atoms with Crippen molar-refractivity contribution in [1.82, 2.24) is 24.6 Å². The third-order valence-corrected chi connectivity index (χ3v) is 5.62. The van der Waals surface area contributed by atoms with Crippen molar-refractivity contribution in [1.29, 1.82) is 0 Å². The number of rotatable bonds is 4. The summed E-state index contributed by atoms with van der Waals surface area (Å²) in [4.78, 5) is 22.0. The SMILES string of the molecule is Cc1ccc2nc(CSc3nnc(-c4sc(C)nc4C)o3)cc(=O)n2c1. The van der Waals surface area contributed by atoms with E-state index < -0.39 is 0 Å². The Morgan fingerprint density at radius 1 is 1.19 bits per heavy atom. The summed E-state index contributed by atoms with van der Waals surface area (Å²) in [5, 5.41) is 9.57. The Balaban J connectivity index is 1.54. The molecule has 0 fully saturated rings. The summed E-state index contributed by atoms with van der Waals surface area (Å²) in [6.07, 6.45) is 1.78. The molecule has 4 heterocycles. The van der Waals surface area contributed by atoms with Crippen LogP contribution >= 0.6 is 23.1 Å². The minimum Gasteiger partial charge on any atom is -0.410 e. The van der Waals surface area contributed by atoms with E-state index in [0.29, 0.717) is 28.2 Å². The minimum absolute atomic E-state index is 0.101. The molecule has 4 aromatic heterocycles. The van der Waals surface area contributed by atoms with Crippen LogP contribution in [-0.4, -0.2) is 24.6 Å². The number of hydrogen-bond acceptors (Lipinski definition) is 8. The summed E-state index contributed by atoms with van der Waals surface area (Å²) in [5.74, 6) is 0.944. The molecular weight excluding hydrogens is 370 g/mol. The van der Waals surface area contributed by atoms with Crippen molar-refractivity contribution < 1.29 is 4.42 Å². The third kappa shape index (κ3) is 3.27. The van der Waals surface area contributed by atoms with Gasteiger partial charge in [0.25, 0.3) is 16.7 Å². The molecule has 4 aromatic rings. The molecule has 0 aliphatic heterocycles. The van der Waals surface area contributed by atoms with Crippen LogP contribution in [0.1, 0.15) is 22.0 Å². The lowest BCUT2D eigenvalue weighted by Gasteiger charge is -2.03. The van der Waals surface area contributed by atoms with E-state index in [4.69, 9.17) is 4.42 Å². The van der Waals surface area contributed by atoms with Gasteiger partial charge < -0.3 is 4.42 Å². The quantitative estimate of drug-likeness (QED) is 0.498. The van der Waals surface area contributed by atoms with E-state index in [0.717, 1.165) is 21.1 Å². The first-order chi connectivity index (χ1) is 12.5. The Hall–Kier alpha value is -2.52. The fraction of sp³-hybridized carbons (Fsp3) is 0.235. The average Bonchev–Trinajstić information content (AvgIpc) is 3.19. The van der Waals surface area contributed by atoms with E-state index in [9.17, 15) is 4.79 Å². The van der Waals surface area contributed by atoms with E-state index in [2.05, 4.69) is 20.2 Å². The molecule has 0 amide bonds. The normalized spacial score (nSPS) is 11.3. The van der Waals surface area contributed by atoms with Crippen molar-refractivity contribution in [2.45, 2.75) is 31.7 Å². The highest BCUT2D eigenvalue weighted by Crippen LogP contribution is 2.31. The van der Waals surface area contributed by atoms with Crippen LogP contribution in [0.4, 0.5) is 0 Å². The van der Waals surface area contributed by atoms with Gasteiger partial charge in [0.2, 0.25) is 0 Å². The second-order valence-electron chi connectivity index (χ2n) is 5.83. The van der Waals surface area contributed by atoms with E-state index in [-0.39, 0.29) is 5.56 Å². The van der Waals surface area contributed by atoms with Crippen LogP contribution in [0.15, 0.2) is 38.8 Å². The van der Waals surface area contributed by atoms with Crippen LogP contribution in [0, 0.1) is 20.8 Å². The maximum atomic E-state index is 12.2. The molecule has 26 heavy (non-hydrogen) atoms. The standard InChI is InChI=1S/C17H15N5O2S2/c1-9-4-5-13-19-12(6-14(23)22(13)7-9)8-25-17-21-20-16(24-17)15-10(2)18-11(3)26-15/h4-7H,8H2,1-3H3. The van der Waals surface area contributed by atoms with E-state index in [1.54, 1.807) is 10.6 Å². The van der Waals surface area contributed by atoms with Crippen LogP contribution in [0.25, 0.3) is 16.4 Å². The number of fused-ring (bicyclic) bond motifs is 1. The lowest BCUT2D eigenvalue weighted by Crippen LogP contribution is -2.15. The lowest BCUT2D eigenvalue weighted by molar-refractivity contribution is 0.466. The minimum atomic E-state index is -0.101. The first-order valence-corrected chi connectivity index (χ1v) is 9.69. The van der Waals surface area contributed by atoms with Gasteiger partial charge in [-0.25, -0.2) is 9.97 Å². The van der Waals surface area contributed by atoms with Gasteiger partial charge in [0.1, 0.15) is 10.5 Å². The van der Waals surface area contributed by atoms with E-state index in [1.165, 1.54) is 29.2 Å². The average molecular weight is 385 g/mol. The zero-order chi connectivity index (χ0) is 18.3. The summed E-state index contributed by atoms with van der Waals surface area (Å²) in [5.41, 5.74) is 3.09. The number of hydrogen-bond donors (Lipinski definition) is 0. The summed E-state index contributed by atoms with van der Waals surface area (Å²) in [7, 11) is 0. The molecule has 132 valence electrons. The summed E-state index contributed by atoms with van der Waals surface area (Å²) in [6, 6.07) is 5.31. The number of pyridine rings is 1. The number of thioether (sulfide) groups is 1. The van der Waals surface area contributed by atoms with Crippen LogP contribution in [-0.2, 0) is 5.75 Å². The molecule has 0 bridgehead atoms. The molecule has 0 saturated heterocycles. The summed E-state index contributed by atoms with van der Waals surface area (Å²) < 4.78 is 7.26. The Bertz CT molecular complexity index is 1160. The molecule has 0 aromatic carbocycles. The molecule has 0 aliphatic carbocycles. The molecule has 0 atom stereocenters. The maximum absolute atomic E-state index is 12.2. The van der Waals surface area contributed by atoms with Crippen molar-refractivity contribution in [3.05, 3.63) is 56.7 Å². The van der Waals surface area contributed by atoms with Crippen molar-refractivity contribution in [2.24, 2.45) is 0 Å². The largest absolute Gasteiger partial charge is 0.410 e. The fourth-order valence-electron chi connectivity index (χ4n) is 2.56. The van der Waals surface area contributed by atoms with E-state index >= 15 is 0 Å². The molecule has 0 aliphatic rings. The highest BCUT2D eigenvalue weighted by Gasteiger charge is 2.15. The van der Waals surface area contributed by atoms with Crippen LogP contribution in [0.2, 0.25) is 0 Å². The van der Waals surface area contributed by atoms with Crippen LogP contribution in [0.3, 0.4) is 0 Å². The smallest absolute Gasteiger partial charge is 0.277 e. The van der Waals surface area contributed by atoms with E-state index in [1.807, 2.05) is 32.9 Å². The molecule has 0 spiro atoms. The molecule has 0 unspecified atom stereocenters. The lowest BCUT2D eigenvalue weighted by atomic mass is 10.3. The Morgan fingerprint density at radius 2 is 2.04 bits per heavy atom. The zero-order valence-electron chi connectivity index (χ0n) is 14.4. The molecule has 4 rings (SSSR count). The molecule has 0 N–H and O–H groups in total. The van der Waals surface area contributed by atoms with Gasteiger partial charge in [-0.1, -0.05) is 17.8 Å². The topological polar surface area (TPSA) is 86.2 Å². The summed E-state index contributed by atoms with van der Waals surface area (Å²) in [6.45, 7) is 5.80. The van der Waals surface area contributed by atoms with Gasteiger partial charge in [-0.3, -0.25) is 9.20 Å². The Morgan fingerprint density at radius 3 is 2.81 bits per heavy atom. The maximum Gasteiger partial charge on any atom is 0.277 e. The molecule has 9 heteroatoms. The molecular formula is C17H15N5O2S2. The van der Waals surface area contributed by atoms with Gasteiger partial charge in [0.15, 0.2) is 0 Å².